The number of nitrogens with one attached hydrogen (secondary N) is 1. The van der Waals surface area contributed by atoms with Crippen molar-refractivity contribution in [3.8, 4) is 0 Å². The summed E-state index contributed by atoms with van der Waals surface area (Å²) in [5, 5.41) is 2.58. The van der Waals surface area contributed by atoms with Crippen molar-refractivity contribution in [3.63, 3.8) is 0 Å². The van der Waals surface area contributed by atoms with Crippen molar-refractivity contribution in [2.24, 2.45) is 5.92 Å². The monoisotopic (exact) mass is 181 g/mol. The van der Waals surface area contributed by atoms with E-state index in [0.29, 0.717) is 11.6 Å². The summed E-state index contributed by atoms with van der Waals surface area (Å²) in [5.74, 6) is 0.149. The smallest absolute Gasteiger partial charge is 0.232 e. The number of carbonyl (C=O) groups excluding carboxylic acids is 2. The predicted molar refractivity (Wildman–Crippen MR) is 49.9 cm³/mol. The van der Waals surface area contributed by atoms with Gasteiger partial charge in [0.2, 0.25) is 5.91 Å². The Kier molecular flexibility index (Phi) is 3.23. The predicted octanol–water partition coefficient (Wildman–Crippen LogP) is 1.40. The van der Waals surface area contributed by atoms with Gasteiger partial charge in [0.15, 0.2) is 5.78 Å². The van der Waals surface area contributed by atoms with Crippen LogP contribution in [0.2, 0.25) is 0 Å². The molecule has 3 heteroatoms. The molecule has 0 aromatic heterocycles. The van der Waals surface area contributed by atoms with Crippen molar-refractivity contribution in [2.75, 3.05) is 0 Å². The summed E-state index contributed by atoms with van der Waals surface area (Å²) in [6, 6.07) is 0. The minimum Gasteiger partial charge on any atom is -0.323 e. The van der Waals surface area contributed by atoms with E-state index in [1.807, 2.05) is 6.08 Å². The topological polar surface area (TPSA) is 46.2 Å². The summed E-state index contributed by atoms with van der Waals surface area (Å²) in [6.45, 7) is 4.15. The number of carbonyl (C=O) groups is 2. The summed E-state index contributed by atoms with van der Waals surface area (Å²) in [6.07, 6.45) is 3.91. The molecule has 0 unspecified atom stereocenters. The summed E-state index contributed by atoms with van der Waals surface area (Å²) in [7, 11) is 0. The van der Waals surface area contributed by atoms with E-state index >= 15 is 0 Å². The highest BCUT2D eigenvalue weighted by molar-refractivity contribution is 6.14. The van der Waals surface area contributed by atoms with Crippen molar-refractivity contribution in [1.29, 1.82) is 0 Å². The standard InChI is InChI=1S/C10H15NO2/c1-3-7(4-2)5-8-9(12)6-10(13)11-8/h5,7H,3-4,6H2,1-2H3,(H,11,13). The average Bonchev–Trinajstić information content (AvgIpc) is 2.41. The lowest BCUT2D eigenvalue weighted by Gasteiger charge is -2.06. The molecule has 0 bridgehead atoms. The number of allylic oxidation sites excluding steroid dienone is 2. The molecule has 1 rings (SSSR count). The molecule has 1 heterocycles. The zero-order chi connectivity index (χ0) is 9.84. The first kappa shape index (κ1) is 9.96. The van der Waals surface area contributed by atoms with Crippen LogP contribution in [0.1, 0.15) is 33.1 Å². The van der Waals surface area contributed by atoms with Gasteiger partial charge in [0.1, 0.15) is 0 Å². The first-order valence-electron chi connectivity index (χ1n) is 4.72. The van der Waals surface area contributed by atoms with E-state index in [0.717, 1.165) is 12.8 Å². The van der Waals surface area contributed by atoms with E-state index in [-0.39, 0.29) is 18.1 Å². The van der Waals surface area contributed by atoms with Gasteiger partial charge in [-0.05, 0) is 18.8 Å². The molecule has 1 N–H and O–H groups in total. The largest absolute Gasteiger partial charge is 0.323 e. The van der Waals surface area contributed by atoms with E-state index in [1.165, 1.54) is 0 Å². The molecule has 1 amide bonds. The van der Waals surface area contributed by atoms with Crippen LogP contribution < -0.4 is 5.32 Å². The Morgan fingerprint density at radius 3 is 2.38 bits per heavy atom. The molecule has 3 nitrogen and oxygen atoms in total. The van der Waals surface area contributed by atoms with Crippen LogP contribution in [-0.2, 0) is 9.59 Å². The minimum atomic E-state index is -0.179. The van der Waals surface area contributed by atoms with Crippen molar-refractivity contribution in [1.82, 2.24) is 5.32 Å². The van der Waals surface area contributed by atoms with Gasteiger partial charge in [-0.2, -0.15) is 0 Å². The Morgan fingerprint density at radius 1 is 1.38 bits per heavy atom. The molecule has 72 valence electrons. The van der Waals surface area contributed by atoms with Gasteiger partial charge >= 0.3 is 0 Å². The van der Waals surface area contributed by atoms with Crippen LogP contribution >= 0.6 is 0 Å². The fourth-order valence-electron chi connectivity index (χ4n) is 1.40. The molecule has 0 aromatic carbocycles. The van der Waals surface area contributed by atoms with E-state index in [4.69, 9.17) is 0 Å². The molecule has 1 aliphatic rings. The van der Waals surface area contributed by atoms with Crippen molar-refractivity contribution in [3.05, 3.63) is 11.8 Å². The summed E-state index contributed by atoms with van der Waals surface area (Å²) in [4.78, 5) is 22.0. The van der Waals surface area contributed by atoms with E-state index in [1.54, 1.807) is 0 Å². The number of amides is 1. The van der Waals surface area contributed by atoms with Crippen LogP contribution in [0.4, 0.5) is 0 Å². The van der Waals surface area contributed by atoms with Gasteiger partial charge in [0, 0.05) is 0 Å². The maximum atomic E-state index is 11.2. The lowest BCUT2D eigenvalue weighted by atomic mass is 10.0. The number of hydrogen-bond donors (Lipinski definition) is 1. The quantitative estimate of drug-likeness (QED) is 0.528. The molecular weight excluding hydrogens is 166 g/mol. The third-order valence-electron chi connectivity index (χ3n) is 2.35. The number of rotatable bonds is 3. The Hall–Kier alpha value is -1.12. The normalized spacial score (nSPS) is 20.1. The Morgan fingerprint density at radius 2 is 2.00 bits per heavy atom. The second-order valence-electron chi connectivity index (χ2n) is 3.31. The van der Waals surface area contributed by atoms with Crippen LogP contribution in [0.3, 0.4) is 0 Å². The van der Waals surface area contributed by atoms with Crippen LogP contribution in [-0.4, -0.2) is 11.7 Å². The Bertz CT molecular complexity index is 252. The molecule has 0 atom stereocenters. The third kappa shape index (κ3) is 2.41. The zero-order valence-corrected chi connectivity index (χ0v) is 8.09. The highest BCUT2D eigenvalue weighted by Gasteiger charge is 2.24. The summed E-state index contributed by atoms with van der Waals surface area (Å²) in [5.41, 5.74) is 0.499. The lowest BCUT2D eigenvalue weighted by molar-refractivity contribution is -0.121. The molecule has 13 heavy (non-hydrogen) atoms. The Balaban J connectivity index is 2.70. The zero-order valence-electron chi connectivity index (χ0n) is 8.09. The fraction of sp³-hybridized carbons (Fsp3) is 0.600. The molecule has 0 saturated carbocycles. The number of hydrogen-bond acceptors (Lipinski definition) is 2. The highest BCUT2D eigenvalue weighted by Crippen LogP contribution is 2.14. The minimum absolute atomic E-state index is 0.0198. The molecular formula is C10H15NO2. The van der Waals surface area contributed by atoms with E-state index in [2.05, 4.69) is 19.2 Å². The van der Waals surface area contributed by atoms with Gasteiger partial charge in [-0.3, -0.25) is 9.59 Å². The molecule has 0 spiro atoms. The first-order chi connectivity index (χ1) is 6.17. The van der Waals surface area contributed by atoms with E-state index in [9.17, 15) is 9.59 Å². The van der Waals surface area contributed by atoms with Gasteiger partial charge in [0.05, 0.1) is 12.1 Å². The van der Waals surface area contributed by atoms with Crippen LogP contribution in [0.25, 0.3) is 0 Å². The first-order valence-corrected chi connectivity index (χ1v) is 4.72. The summed E-state index contributed by atoms with van der Waals surface area (Å²) < 4.78 is 0. The van der Waals surface area contributed by atoms with Gasteiger partial charge in [-0.1, -0.05) is 19.9 Å². The summed E-state index contributed by atoms with van der Waals surface area (Å²) >= 11 is 0. The second-order valence-corrected chi connectivity index (χ2v) is 3.31. The van der Waals surface area contributed by atoms with Crippen molar-refractivity contribution in [2.45, 2.75) is 33.1 Å². The molecule has 0 aromatic rings. The molecule has 1 saturated heterocycles. The number of ketones is 1. The molecule has 0 aliphatic carbocycles. The van der Waals surface area contributed by atoms with Crippen molar-refractivity contribution >= 4 is 11.7 Å². The molecule has 1 aliphatic heterocycles. The molecule has 1 fully saturated rings. The Labute approximate surface area is 78.2 Å². The van der Waals surface area contributed by atoms with Crippen LogP contribution in [0, 0.1) is 5.92 Å². The molecule has 0 radical (unpaired) electrons. The van der Waals surface area contributed by atoms with Crippen molar-refractivity contribution < 1.29 is 9.59 Å². The fourth-order valence-corrected chi connectivity index (χ4v) is 1.40. The van der Waals surface area contributed by atoms with Gasteiger partial charge in [-0.25, -0.2) is 0 Å². The van der Waals surface area contributed by atoms with Gasteiger partial charge in [0.25, 0.3) is 0 Å². The SMILES string of the molecule is CCC(C=C1NC(=O)CC1=O)CC. The van der Waals surface area contributed by atoms with Crippen LogP contribution in [0.5, 0.6) is 0 Å². The third-order valence-corrected chi connectivity index (χ3v) is 2.35. The maximum absolute atomic E-state index is 11.2. The van der Waals surface area contributed by atoms with Gasteiger partial charge < -0.3 is 5.32 Å². The average molecular weight is 181 g/mol. The second kappa shape index (κ2) is 4.21. The van der Waals surface area contributed by atoms with Gasteiger partial charge in [-0.15, -0.1) is 0 Å². The van der Waals surface area contributed by atoms with E-state index < -0.39 is 0 Å². The van der Waals surface area contributed by atoms with Crippen LogP contribution in [0.15, 0.2) is 11.8 Å². The lowest BCUT2D eigenvalue weighted by Crippen LogP contribution is -2.13. The highest BCUT2D eigenvalue weighted by atomic mass is 16.2. The maximum Gasteiger partial charge on any atom is 0.232 e. The number of Topliss-reactive ketones (excluding diaryl/α,β-unsaturated/α-hetero) is 1.